The van der Waals surface area contributed by atoms with Crippen LogP contribution in [0.2, 0.25) is 0 Å². The maximum absolute atomic E-state index is 12.2. The molecule has 2 amide bonds. The molecular weight excluding hydrogens is 338 g/mol. The average molecular weight is 359 g/mol. The Labute approximate surface area is 150 Å². The lowest BCUT2D eigenvalue weighted by atomic mass is 10.1. The maximum atomic E-state index is 12.2. The van der Waals surface area contributed by atoms with E-state index in [2.05, 4.69) is 11.1 Å². The van der Waals surface area contributed by atoms with Crippen LogP contribution in [0.15, 0.2) is 23.6 Å². The molecule has 1 saturated heterocycles. The molecule has 3 rings (SSSR count). The van der Waals surface area contributed by atoms with E-state index in [0.717, 1.165) is 29.0 Å². The summed E-state index contributed by atoms with van der Waals surface area (Å²) in [6.07, 6.45) is 1.67. The van der Waals surface area contributed by atoms with Crippen molar-refractivity contribution in [1.29, 1.82) is 0 Å². The number of primary amides is 1. The van der Waals surface area contributed by atoms with Crippen LogP contribution in [0.1, 0.15) is 34.5 Å². The molecule has 132 valence electrons. The zero-order valence-corrected chi connectivity index (χ0v) is 15.1. The van der Waals surface area contributed by atoms with E-state index >= 15 is 0 Å². The monoisotopic (exact) mass is 359 g/mol. The zero-order valence-electron chi connectivity index (χ0n) is 14.3. The molecule has 1 fully saturated rings. The molecule has 0 radical (unpaired) electrons. The molecule has 1 aromatic heterocycles. The fourth-order valence-electron chi connectivity index (χ4n) is 3.09. The Kier molecular flexibility index (Phi) is 5.03. The molecule has 7 heteroatoms. The first-order valence-corrected chi connectivity index (χ1v) is 9.10. The third-order valence-corrected chi connectivity index (χ3v) is 5.27. The van der Waals surface area contributed by atoms with E-state index in [4.69, 9.17) is 10.5 Å². The standard InChI is InChI=1S/C18H21N3O3S/c1-11-5-6-14(12(2)8-11)16-20-15(10-25-16)17(22)24-9-13-4-3-7-21(13)18(19)23/h5-6,8,10,13H,3-4,7,9H2,1-2H3,(H2,19,23)/t13-/m1/s1. The molecule has 2 heterocycles. The van der Waals surface area contributed by atoms with Crippen molar-refractivity contribution in [3.05, 3.63) is 40.4 Å². The number of ether oxygens (including phenoxy) is 1. The summed E-state index contributed by atoms with van der Waals surface area (Å²) in [7, 11) is 0. The van der Waals surface area contributed by atoms with Gasteiger partial charge in [-0.1, -0.05) is 23.8 Å². The molecule has 0 unspecified atom stereocenters. The number of hydrogen-bond donors (Lipinski definition) is 1. The van der Waals surface area contributed by atoms with Gasteiger partial charge in [0.25, 0.3) is 0 Å². The lowest BCUT2D eigenvalue weighted by Gasteiger charge is -2.21. The SMILES string of the molecule is Cc1ccc(-c2nc(C(=O)OC[C@H]3CCCN3C(N)=O)cs2)c(C)c1. The molecule has 0 aliphatic carbocycles. The van der Waals surface area contributed by atoms with E-state index in [1.807, 2.05) is 26.0 Å². The molecule has 2 aromatic rings. The molecule has 6 nitrogen and oxygen atoms in total. The molecule has 1 aromatic carbocycles. The highest BCUT2D eigenvalue weighted by Crippen LogP contribution is 2.28. The number of nitrogens with zero attached hydrogens (tertiary/aromatic N) is 2. The molecule has 0 bridgehead atoms. The molecule has 0 saturated carbocycles. The highest BCUT2D eigenvalue weighted by molar-refractivity contribution is 7.13. The fourth-order valence-corrected chi connectivity index (χ4v) is 3.97. The van der Waals surface area contributed by atoms with Crippen LogP contribution in [-0.2, 0) is 4.74 Å². The highest BCUT2D eigenvalue weighted by Gasteiger charge is 2.28. The third-order valence-electron chi connectivity index (χ3n) is 4.39. The second kappa shape index (κ2) is 7.23. The summed E-state index contributed by atoms with van der Waals surface area (Å²) < 4.78 is 5.35. The van der Waals surface area contributed by atoms with Crippen molar-refractivity contribution in [2.75, 3.05) is 13.2 Å². The van der Waals surface area contributed by atoms with E-state index in [1.54, 1.807) is 10.3 Å². The third kappa shape index (κ3) is 3.82. The van der Waals surface area contributed by atoms with Crippen LogP contribution in [0.5, 0.6) is 0 Å². The van der Waals surface area contributed by atoms with E-state index in [-0.39, 0.29) is 12.6 Å². The Morgan fingerprint density at radius 1 is 1.40 bits per heavy atom. The molecule has 25 heavy (non-hydrogen) atoms. The smallest absolute Gasteiger partial charge is 0.357 e. The van der Waals surface area contributed by atoms with Gasteiger partial charge in [0.15, 0.2) is 5.69 Å². The molecule has 1 aliphatic rings. The molecule has 2 N–H and O–H groups in total. The molecule has 1 atom stereocenters. The fraction of sp³-hybridized carbons (Fsp3) is 0.389. The lowest BCUT2D eigenvalue weighted by Crippen LogP contribution is -2.42. The molecular formula is C18H21N3O3S. The van der Waals surface area contributed by atoms with Crippen molar-refractivity contribution in [1.82, 2.24) is 9.88 Å². The number of thiazole rings is 1. The summed E-state index contributed by atoms with van der Waals surface area (Å²) in [5, 5.41) is 2.50. The Balaban J connectivity index is 1.66. The largest absolute Gasteiger partial charge is 0.459 e. The van der Waals surface area contributed by atoms with Gasteiger partial charge in [0, 0.05) is 17.5 Å². The van der Waals surface area contributed by atoms with Crippen molar-refractivity contribution in [3.8, 4) is 10.6 Å². The van der Waals surface area contributed by atoms with Crippen molar-refractivity contribution in [3.63, 3.8) is 0 Å². The number of benzene rings is 1. The number of amides is 2. The van der Waals surface area contributed by atoms with Gasteiger partial charge >= 0.3 is 12.0 Å². The predicted octanol–water partition coefficient (Wildman–Crippen LogP) is 3.13. The number of likely N-dealkylation sites (tertiary alicyclic amines) is 1. The van der Waals surface area contributed by atoms with Gasteiger partial charge in [0.2, 0.25) is 0 Å². The Bertz CT molecular complexity index is 803. The quantitative estimate of drug-likeness (QED) is 0.850. The first-order chi connectivity index (χ1) is 12.0. The second-order valence-electron chi connectivity index (χ2n) is 6.28. The Morgan fingerprint density at radius 2 is 2.20 bits per heavy atom. The topological polar surface area (TPSA) is 85.5 Å². The average Bonchev–Trinajstić information content (AvgIpc) is 3.22. The first-order valence-electron chi connectivity index (χ1n) is 8.22. The summed E-state index contributed by atoms with van der Waals surface area (Å²) in [5.74, 6) is -0.469. The number of aromatic nitrogens is 1. The van der Waals surface area contributed by atoms with Crippen molar-refractivity contribution < 1.29 is 14.3 Å². The van der Waals surface area contributed by atoms with Gasteiger partial charge in [-0.3, -0.25) is 0 Å². The number of carbonyl (C=O) groups is 2. The molecule has 1 aliphatic heterocycles. The number of urea groups is 1. The summed E-state index contributed by atoms with van der Waals surface area (Å²) in [6.45, 7) is 4.84. The Hall–Kier alpha value is -2.41. The number of hydrogen-bond acceptors (Lipinski definition) is 5. The highest BCUT2D eigenvalue weighted by atomic mass is 32.1. The summed E-state index contributed by atoms with van der Waals surface area (Å²) >= 11 is 1.42. The van der Waals surface area contributed by atoms with Gasteiger partial charge in [-0.15, -0.1) is 11.3 Å². The minimum absolute atomic E-state index is 0.140. The lowest BCUT2D eigenvalue weighted by molar-refractivity contribution is 0.0416. The van der Waals surface area contributed by atoms with Gasteiger partial charge < -0.3 is 15.4 Å². The van der Waals surface area contributed by atoms with Crippen LogP contribution >= 0.6 is 11.3 Å². The summed E-state index contributed by atoms with van der Waals surface area (Å²) in [4.78, 5) is 29.5. The Morgan fingerprint density at radius 3 is 2.92 bits per heavy atom. The van der Waals surface area contributed by atoms with Gasteiger partial charge in [-0.05, 0) is 32.3 Å². The van der Waals surface area contributed by atoms with Crippen LogP contribution in [0.3, 0.4) is 0 Å². The zero-order chi connectivity index (χ0) is 18.0. The van der Waals surface area contributed by atoms with E-state index in [0.29, 0.717) is 12.2 Å². The number of carbonyl (C=O) groups excluding carboxylic acids is 2. The molecule has 0 spiro atoms. The van der Waals surface area contributed by atoms with E-state index < -0.39 is 12.0 Å². The van der Waals surface area contributed by atoms with Crippen LogP contribution in [0, 0.1) is 13.8 Å². The summed E-state index contributed by atoms with van der Waals surface area (Å²) in [6, 6.07) is 5.53. The van der Waals surface area contributed by atoms with Gasteiger partial charge in [-0.2, -0.15) is 0 Å². The van der Waals surface area contributed by atoms with Crippen LogP contribution in [0.4, 0.5) is 4.79 Å². The van der Waals surface area contributed by atoms with Crippen molar-refractivity contribution >= 4 is 23.3 Å². The number of esters is 1. The second-order valence-corrected chi connectivity index (χ2v) is 7.14. The number of rotatable bonds is 4. The summed E-state index contributed by atoms with van der Waals surface area (Å²) in [5.41, 5.74) is 8.96. The predicted molar refractivity (Wildman–Crippen MR) is 96.6 cm³/mol. The van der Waals surface area contributed by atoms with Crippen LogP contribution in [-0.4, -0.2) is 41.1 Å². The number of aryl methyl sites for hydroxylation is 2. The van der Waals surface area contributed by atoms with Crippen molar-refractivity contribution in [2.24, 2.45) is 5.73 Å². The number of nitrogens with two attached hydrogens (primary N) is 1. The van der Waals surface area contributed by atoms with Crippen molar-refractivity contribution in [2.45, 2.75) is 32.7 Å². The van der Waals surface area contributed by atoms with E-state index in [1.165, 1.54) is 16.9 Å². The normalized spacial score (nSPS) is 16.9. The van der Waals surface area contributed by atoms with Gasteiger partial charge in [0.1, 0.15) is 11.6 Å². The minimum Gasteiger partial charge on any atom is -0.459 e. The van der Waals surface area contributed by atoms with Gasteiger partial charge in [0.05, 0.1) is 6.04 Å². The van der Waals surface area contributed by atoms with Crippen LogP contribution < -0.4 is 5.73 Å². The maximum Gasteiger partial charge on any atom is 0.357 e. The minimum atomic E-state index is -0.469. The van der Waals surface area contributed by atoms with Gasteiger partial charge in [-0.25, -0.2) is 14.6 Å². The van der Waals surface area contributed by atoms with Crippen LogP contribution in [0.25, 0.3) is 10.6 Å². The first kappa shape index (κ1) is 17.4. The van der Waals surface area contributed by atoms with E-state index in [9.17, 15) is 9.59 Å².